The van der Waals surface area contributed by atoms with Gasteiger partial charge in [0.2, 0.25) is 0 Å². The summed E-state index contributed by atoms with van der Waals surface area (Å²) >= 11 is 0. The topological polar surface area (TPSA) is 54.7 Å². The maximum atomic E-state index is 13.6. The number of hydrogen-bond acceptors (Lipinski definition) is 2. The van der Waals surface area contributed by atoms with Crippen molar-refractivity contribution < 1.29 is 4.39 Å². The van der Waals surface area contributed by atoms with Gasteiger partial charge in [0.05, 0.1) is 5.69 Å². The molecule has 0 radical (unpaired) electrons. The number of H-pyrrole nitrogens is 1. The summed E-state index contributed by atoms with van der Waals surface area (Å²) in [5, 5.41) is 6.98. The third-order valence-electron chi connectivity index (χ3n) is 2.60. The van der Waals surface area contributed by atoms with E-state index in [9.17, 15) is 4.39 Å². The van der Waals surface area contributed by atoms with Gasteiger partial charge in [-0.05, 0) is 24.6 Å². The second-order valence-corrected chi connectivity index (χ2v) is 3.79. The largest absolute Gasteiger partial charge is 0.329 e. The van der Waals surface area contributed by atoms with Crippen molar-refractivity contribution in [3.8, 4) is 0 Å². The van der Waals surface area contributed by atoms with Crippen LogP contribution >= 0.6 is 0 Å². The van der Waals surface area contributed by atoms with Crippen molar-refractivity contribution >= 4 is 0 Å². The molecular weight excluding hydrogens is 205 g/mol. The summed E-state index contributed by atoms with van der Waals surface area (Å²) < 4.78 is 13.6. The highest BCUT2D eigenvalue weighted by Gasteiger charge is 2.18. The first-order valence-electron chi connectivity index (χ1n) is 5.18. The van der Waals surface area contributed by atoms with Crippen LogP contribution in [-0.2, 0) is 0 Å². The number of aromatic nitrogens is 2. The van der Waals surface area contributed by atoms with E-state index in [4.69, 9.17) is 5.73 Å². The number of halogens is 1. The molecule has 4 heteroatoms. The zero-order valence-electron chi connectivity index (χ0n) is 9.07. The summed E-state index contributed by atoms with van der Waals surface area (Å²) in [6, 6.07) is 8.56. The van der Waals surface area contributed by atoms with Crippen molar-refractivity contribution in [1.29, 1.82) is 0 Å². The number of rotatable bonds is 3. The first-order valence-corrected chi connectivity index (χ1v) is 5.18. The molecule has 2 aromatic rings. The van der Waals surface area contributed by atoms with Crippen LogP contribution in [0.4, 0.5) is 4.39 Å². The smallest absolute Gasteiger partial charge is 0.127 e. The van der Waals surface area contributed by atoms with E-state index in [0.717, 1.165) is 11.4 Å². The third kappa shape index (κ3) is 1.97. The van der Waals surface area contributed by atoms with Gasteiger partial charge in [-0.25, -0.2) is 4.39 Å². The summed E-state index contributed by atoms with van der Waals surface area (Å²) in [7, 11) is 0. The van der Waals surface area contributed by atoms with Gasteiger partial charge in [0.1, 0.15) is 5.82 Å². The molecule has 1 atom stereocenters. The minimum Gasteiger partial charge on any atom is -0.329 e. The first kappa shape index (κ1) is 10.8. The molecule has 0 aliphatic carbocycles. The molecule has 1 aromatic heterocycles. The molecule has 1 heterocycles. The number of aryl methyl sites for hydroxylation is 1. The van der Waals surface area contributed by atoms with Crippen LogP contribution in [0, 0.1) is 12.7 Å². The van der Waals surface area contributed by atoms with Crippen LogP contribution in [0.15, 0.2) is 30.3 Å². The SMILES string of the molecule is Cc1cc(C(CN)c2ccccc2F)n[nH]1. The van der Waals surface area contributed by atoms with Gasteiger partial charge in [-0.15, -0.1) is 0 Å². The highest BCUT2D eigenvalue weighted by Crippen LogP contribution is 2.24. The van der Waals surface area contributed by atoms with Crippen LogP contribution in [0.5, 0.6) is 0 Å². The zero-order chi connectivity index (χ0) is 11.5. The van der Waals surface area contributed by atoms with Crippen molar-refractivity contribution in [2.24, 2.45) is 5.73 Å². The summed E-state index contributed by atoms with van der Waals surface area (Å²) in [5.41, 5.74) is 8.02. The molecule has 1 unspecified atom stereocenters. The summed E-state index contributed by atoms with van der Waals surface area (Å²) in [5.74, 6) is -0.426. The van der Waals surface area contributed by atoms with E-state index in [1.807, 2.05) is 13.0 Å². The maximum Gasteiger partial charge on any atom is 0.127 e. The lowest BCUT2D eigenvalue weighted by molar-refractivity contribution is 0.594. The van der Waals surface area contributed by atoms with Gasteiger partial charge < -0.3 is 5.73 Å². The van der Waals surface area contributed by atoms with Crippen LogP contribution < -0.4 is 5.73 Å². The third-order valence-corrected chi connectivity index (χ3v) is 2.60. The molecule has 3 N–H and O–H groups in total. The fraction of sp³-hybridized carbons (Fsp3) is 0.250. The lowest BCUT2D eigenvalue weighted by Crippen LogP contribution is -2.15. The van der Waals surface area contributed by atoms with E-state index in [-0.39, 0.29) is 11.7 Å². The Morgan fingerprint density at radius 2 is 2.19 bits per heavy atom. The van der Waals surface area contributed by atoms with Gasteiger partial charge in [0, 0.05) is 18.2 Å². The average Bonchev–Trinajstić information content (AvgIpc) is 2.69. The monoisotopic (exact) mass is 219 g/mol. The van der Waals surface area contributed by atoms with Crippen molar-refractivity contribution in [1.82, 2.24) is 10.2 Å². The number of benzene rings is 1. The Labute approximate surface area is 93.5 Å². The Bertz CT molecular complexity index is 479. The van der Waals surface area contributed by atoms with Crippen LogP contribution in [-0.4, -0.2) is 16.7 Å². The molecule has 0 saturated heterocycles. The molecule has 0 spiro atoms. The average molecular weight is 219 g/mol. The Kier molecular flexibility index (Phi) is 3.01. The minimum atomic E-state index is -0.237. The number of aromatic amines is 1. The van der Waals surface area contributed by atoms with Crippen LogP contribution in [0.3, 0.4) is 0 Å². The summed E-state index contributed by atoms with van der Waals surface area (Å²) in [6.45, 7) is 2.25. The lowest BCUT2D eigenvalue weighted by Gasteiger charge is -2.13. The van der Waals surface area contributed by atoms with Crippen molar-refractivity contribution in [2.45, 2.75) is 12.8 Å². The highest BCUT2D eigenvalue weighted by molar-refractivity contribution is 5.30. The van der Waals surface area contributed by atoms with Gasteiger partial charge in [0.25, 0.3) is 0 Å². The van der Waals surface area contributed by atoms with E-state index >= 15 is 0 Å². The van der Waals surface area contributed by atoms with E-state index < -0.39 is 0 Å². The molecule has 16 heavy (non-hydrogen) atoms. The summed E-state index contributed by atoms with van der Waals surface area (Å²) in [4.78, 5) is 0. The van der Waals surface area contributed by atoms with E-state index in [1.165, 1.54) is 6.07 Å². The van der Waals surface area contributed by atoms with Gasteiger partial charge in [-0.2, -0.15) is 5.10 Å². The normalized spacial score (nSPS) is 12.7. The number of nitrogens with zero attached hydrogens (tertiary/aromatic N) is 1. The molecule has 0 bridgehead atoms. The quantitative estimate of drug-likeness (QED) is 0.829. The van der Waals surface area contributed by atoms with E-state index in [0.29, 0.717) is 12.1 Å². The van der Waals surface area contributed by atoms with Crippen LogP contribution in [0.1, 0.15) is 22.9 Å². The van der Waals surface area contributed by atoms with Crippen molar-refractivity contribution in [3.63, 3.8) is 0 Å². The molecule has 2 rings (SSSR count). The van der Waals surface area contributed by atoms with Crippen molar-refractivity contribution in [3.05, 3.63) is 53.1 Å². The fourth-order valence-electron chi connectivity index (χ4n) is 1.78. The Hall–Kier alpha value is -1.68. The molecule has 3 nitrogen and oxygen atoms in total. The number of hydrogen-bond donors (Lipinski definition) is 2. The fourth-order valence-corrected chi connectivity index (χ4v) is 1.78. The van der Waals surface area contributed by atoms with Crippen molar-refractivity contribution in [2.75, 3.05) is 6.54 Å². The van der Waals surface area contributed by atoms with E-state index in [1.54, 1.807) is 18.2 Å². The van der Waals surface area contributed by atoms with Gasteiger partial charge >= 0.3 is 0 Å². The minimum absolute atomic E-state index is 0.189. The predicted octanol–water partition coefficient (Wildman–Crippen LogP) is 1.95. The highest BCUT2D eigenvalue weighted by atomic mass is 19.1. The van der Waals surface area contributed by atoms with E-state index in [2.05, 4.69) is 10.2 Å². The van der Waals surface area contributed by atoms with Gasteiger partial charge in [0.15, 0.2) is 0 Å². The molecule has 1 aromatic carbocycles. The predicted molar refractivity (Wildman–Crippen MR) is 60.6 cm³/mol. The Morgan fingerprint density at radius 3 is 2.75 bits per heavy atom. The first-order chi connectivity index (χ1) is 7.72. The molecule has 0 aliphatic heterocycles. The lowest BCUT2D eigenvalue weighted by atomic mass is 9.95. The maximum absolute atomic E-state index is 13.6. The van der Waals surface area contributed by atoms with Crippen LogP contribution in [0.2, 0.25) is 0 Å². The number of nitrogens with one attached hydrogen (secondary N) is 1. The molecule has 0 aliphatic rings. The molecule has 0 saturated carbocycles. The zero-order valence-corrected chi connectivity index (χ0v) is 9.07. The van der Waals surface area contributed by atoms with Crippen LogP contribution in [0.25, 0.3) is 0 Å². The standard InChI is InChI=1S/C12H14FN3/c1-8-6-12(16-15-8)10(7-14)9-4-2-3-5-11(9)13/h2-6,10H,7,14H2,1H3,(H,15,16). The molecule has 0 amide bonds. The second-order valence-electron chi connectivity index (χ2n) is 3.79. The summed E-state index contributed by atoms with van der Waals surface area (Å²) in [6.07, 6.45) is 0. The molecule has 0 fully saturated rings. The molecular formula is C12H14FN3. The Morgan fingerprint density at radius 1 is 1.44 bits per heavy atom. The molecule has 84 valence electrons. The number of nitrogens with two attached hydrogens (primary N) is 1. The van der Waals surface area contributed by atoms with Gasteiger partial charge in [-0.3, -0.25) is 5.10 Å². The van der Waals surface area contributed by atoms with Gasteiger partial charge in [-0.1, -0.05) is 18.2 Å². The Balaban J connectivity index is 2.40. The second kappa shape index (κ2) is 4.45.